The highest BCUT2D eigenvalue weighted by molar-refractivity contribution is 9.10. The number of anilines is 1. The van der Waals surface area contributed by atoms with Crippen molar-refractivity contribution in [2.45, 2.75) is 31.7 Å². The van der Waals surface area contributed by atoms with Crippen molar-refractivity contribution in [1.29, 1.82) is 0 Å². The Bertz CT molecular complexity index is 438. The molecule has 0 saturated heterocycles. The minimum atomic E-state index is 0.470. The smallest absolute Gasteiger partial charge is 0.171 e. The standard InChI is InChI=1S/C12H13BrCl2N2S/c13-7-5-9(14)11(10(15)6-7)17-12(18)16-8-3-1-2-4-8/h5-6,8H,1-4H2,(H2,16,17,18). The van der Waals surface area contributed by atoms with E-state index in [2.05, 4.69) is 26.6 Å². The summed E-state index contributed by atoms with van der Waals surface area (Å²) in [5, 5.41) is 8.03. The largest absolute Gasteiger partial charge is 0.360 e. The molecule has 98 valence electrons. The van der Waals surface area contributed by atoms with E-state index in [1.807, 2.05) is 0 Å². The van der Waals surface area contributed by atoms with Gasteiger partial charge in [0.05, 0.1) is 15.7 Å². The Kier molecular flexibility index (Phi) is 5.13. The molecule has 1 aromatic carbocycles. The second kappa shape index (κ2) is 6.42. The van der Waals surface area contributed by atoms with Crippen molar-refractivity contribution in [3.8, 4) is 0 Å². The summed E-state index contributed by atoms with van der Waals surface area (Å²) in [6.07, 6.45) is 4.87. The van der Waals surface area contributed by atoms with Crippen LogP contribution in [0, 0.1) is 0 Å². The highest BCUT2D eigenvalue weighted by Gasteiger charge is 2.16. The summed E-state index contributed by atoms with van der Waals surface area (Å²) in [5.74, 6) is 0. The Morgan fingerprint density at radius 3 is 2.33 bits per heavy atom. The molecule has 18 heavy (non-hydrogen) atoms. The minimum Gasteiger partial charge on any atom is -0.360 e. The lowest BCUT2D eigenvalue weighted by Gasteiger charge is -2.17. The number of hydrogen-bond acceptors (Lipinski definition) is 1. The van der Waals surface area contributed by atoms with Crippen molar-refractivity contribution in [2.75, 3.05) is 5.32 Å². The van der Waals surface area contributed by atoms with Crippen LogP contribution in [-0.2, 0) is 0 Å². The molecular weight excluding hydrogens is 355 g/mol. The van der Waals surface area contributed by atoms with Crippen LogP contribution in [0.2, 0.25) is 10.0 Å². The Balaban J connectivity index is 2.02. The molecule has 2 rings (SSSR count). The fraction of sp³-hybridized carbons (Fsp3) is 0.417. The van der Waals surface area contributed by atoms with Crippen LogP contribution >= 0.6 is 51.3 Å². The van der Waals surface area contributed by atoms with Gasteiger partial charge in [0.25, 0.3) is 0 Å². The maximum absolute atomic E-state index is 6.13. The van der Waals surface area contributed by atoms with Crippen LogP contribution in [0.3, 0.4) is 0 Å². The molecular formula is C12H13BrCl2N2S. The molecule has 2 N–H and O–H groups in total. The van der Waals surface area contributed by atoms with Crippen molar-refractivity contribution in [2.24, 2.45) is 0 Å². The maximum Gasteiger partial charge on any atom is 0.171 e. The summed E-state index contributed by atoms with van der Waals surface area (Å²) in [5.41, 5.74) is 0.650. The molecule has 0 bridgehead atoms. The Morgan fingerprint density at radius 2 is 1.78 bits per heavy atom. The van der Waals surface area contributed by atoms with Gasteiger partial charge in [-0.1, -0.05) is 52.0 Å². The number of hydrogen-bond donors (Lipinski definition) is 2. The molecule has 1 aliphatic rings. The molecule has 0 radical (unpaired) electrons. The van der Waals surface area contributed by atoms with Crippen LogP contribution in [0.4, 0.5) is 5.69 Å². The van der Waals surface area contributed by atoms with Crippen LogP contribution in [0.25, 0.3) is 0 Å². The molecule has 1 aromatic rings. The first-order chi connectivity index (χ1) is 8.56. The van der Waals surface area contributed by atoms with Crippen LogP contribution in [0.15, 0.2) is 16.6 Å². The summed E-state index contributed by atoms with van der Waals surface area (Å²) >= 11 is 20.9. The number of nitrogens with one attached hydrogen (secondary N) is 2. The highest BCUT2D eigenvalue weighted by Crippen LogP contribution is 2.33. The van der Waals surface area contributed by atoms with E-state index < -0.39 is 0 Å². The second-order valence-electron chi connectivity index (χ2n) is 4.32. The first-order valence-corrected chi connectivity index (χ1v) is 7.74. The third kappa shape index (κ3) is 3.73. The van der Waals surface area contributed by atoms with E-state index in [-0.39, 0.29) is 0 Å². The van der Waals surface area contributed by atoms with Crippen molar-refractivity contribution >= 4 is 62.1 Å². The summed E-state index contributed by atoms with van der Waals surface area (Å²) in [6, 6.07) is 4.04. The average molecular weight is 368 g/mol. The van der Waals surface area contributed by atoms with Crippen LogP contribution in [-0.4, -0.2) is 11.2 Å². The monoisotopic (exact) mass is 366 g/mol. The first kappa shape index (κ1) is 14.4. The fourth-order valence-corrected chi connectivity index (χ4v) is 3.64. The number of rotatable bonds is 2. The van der Waals surface area contributed by atoms with Gasteiger partial charge in [0.15, 0.2) is 5.11 Å². The zero-order valence-corrected chi connectivity index (χ0v) is 13.5. The van der Waals surface area contributed by atoms with Crippen LogP contribution < -0.4 is 10.6 Å². The summed E-state index contributed by atoms with van der Waals surface area (Å²) in [6.45, 7) is 0. The second-order valence-corrected chi connectivity index (χ2v) is 6.46. The van der Waals surface area contributed by atoms with E-state index in [4.69, 9.17) is 35.4 Å². The first-order valence-electron chi connectivity index (χ1n) is 5.78. The lowest BCUT2D eigenvalue weighted by atomic mass is 10.2. The molecule has 1 aliphatic carbocycles. The Labute approximate surface area is 131 Å². The molecule has 1 saturated carbocycles. The molecule has 0 aliphatic heterocycles. The molecule has 0 heterocycles. The van der Waals surface area contributed by atoms with Gasteiger partial charge in [0, 0.05) is 10.5 Å². The zero-order valence-electron chi connectivity index (χ0n) is 9.60. The molecule has 0 atom stereocenters. The molecule has 0 unspecified atom stereocenters. The van der Waals surface area contributed by atoms with E-state index in [0.29, 0.717) is 26.9 Å². The van der Waals surface area contributed by atoms with E-state index >= 15 is 0 Å². The number of benzene rings is 1. The summed E-state index contributed by atoms with van der Waals surface area (Å²) < 4.78 is 0.845. The number of thiocarbonyl (C=S) groups is 1. The topological polar surface area (TPSA) is 24.1 Å². The van der Waals surface area contributed by atoms with E-state index in [1.54, 1.807) is 12.1 Å². The fourth-order valence-electron chi connectivity index (χ4n) is 2.07. The predicted molar refractivity (Wildman–Crippen MR) is 85.8 cm³/mol. The van der Waals surface area contributed by atoms with Gasteiger partial charge >= 0.3 is 0 Å². The number of halogens is 3. The Morgan fingerprint density at radius 1 is 1.22 bits per heavy atom. The lowest BCUT2D eigenvalue weighted by molar-refractivity contribution is 0.634. The van der Waals surface area contributed by atoms with Crippen molar-refractivity contribution in [3.63, 3.8) is 0 Å². The predicted octanol–water partition coefficient (Wildman–Crippen LogP) is 4.98. The van der Waals surface area contributed by atoms with Crippen LogP contribution in [0.1, 0.15) is 25.7 Å². The highest BCUT2D eigenvalue weighted by atomic mass is 79.9. The van der Waals surface area contributed by atoms with E-state index in [9.17, 15) is 0 Å². The third-order valence-corrected chi connectivity index (χ3v) is 4.21. The summed E-state index contributed by atoms with van der Waals surface area (Å²) in [7, 11) is 0. The minimum absolute atomic E-state index is 0.470. The van der Waals surface area contributed by atoms with Gasteiger partial charge in [-0.2, -0.15) is 0 Å². The molecule has 0 amide bonds. The zero-order chi connectivity index (χ0) is 13.1. The van der Waals surface area contributed by atoms with Gasteiger partial charge in [-0.3, -0.25) is 0 Å². The van der Waals surface area contributed by atoms with Gasteiger partial charge in [-0.15, -0.1) is 0 Å². The van der Waals surface area contributed by atoms with Crippen molar-refractivity contribution in [3.05, 3.63) is 26.7 Å². The molecule has 2 nitrogen and oxygen atoms in total. The van der Waals surface area contributed by atoms with E-state index in [1.165, 1.54) is 25.7 Å². The SMILES string of the molecule is S=C(Nc1c(Cl)cc(Br)cc1Cl)NC1CCCC1. The quantitative estimate of drug-likeness (QED) is 0.720. The van der Waals surface area contributed by atoms with Gasteiger partial charge in [0.1, 0.15) is 0 Å². The van der Waals surface area contributed by atoms with Gasteiger partial charge in [-0.25, -0.2) is 0 Å². The average Bonchev–Trinajstić information content (AvgIpc) is 2.76. The maximum atomic E-state index is 6.13. The summed E-state index contributed by atoms with van der Waals surface area (Å²) in [4.78, 5) is 0. The van der Waals surface area contributed by atoms with Crippen molar-refractivity contribution < 1.29 is 0 Å². The van der Waals surface area contributed by atoms with Crippen LogP contribution in [0.5, 0.6) is 0 Å². The van der Waals surface area contributed by atoms with Crippen molar-refractivity contribution in [1.82, 2.24) is 5.32 Å². The normalized spacial score (nSPS) is 15.7. The van der Waals surface area contributed by atoms with Gasteiger partial charge in [-0.05, 0) is 37.2 Å². The molecule has 0 spiro atoms. The van der Waals surface area contributed by atoms with E-state index in [0.717, 1.165) is 4.47 Å². The Hall–Kier alpha value is -0.0300. The molecule has 6 heteroatoms. The lowest BCUT2D eigenvalue weighted by Crippen LogP contribution is -2.36. The third-order valence-electron chi connectivity index (χ3n) is 2.94. The molecule has 0 aromatic heterocycles. The van der Waals surface area contributed by atoms with Gasteiger partial charge in [0.2, 0.25) is 0 Å². The molecule has 1 fully saturated rings. The van der Waals surface area contributed by atoms with Gasteiger partial charge < -0.3 is 10.6 Å².